The lowest BCUT2D eigenvalue weighted by Crippen LogP contribution is -2.49. The van der Waals surface area contributed by atoms with Gasteiger partial charge < -0.3 is 5.11 Å². The lowest BCUT2D eigenvalue weighted by atomic mass is 10.0. The summed E-state index contributed by atoms with van der Waals surface area (Å²) < 4.78 is 41.7. The van der Waals surface area contributed by atoms with E-state index in [1.165, 1.54) is 18.2 Å². The number of nitrogens with one attached hydrogen (secondary N) is 1. The number of aliphatic hydroxyl groups excluding tert-OH is 1. The summed E-state index contributed by atoms with van der Waals surface area (Å²) in [5.41, 5.74) is 0.529. The number of aliphatic hydroxyl groups is 1. The molecule has 0 bridgehead atoms. The number of nitrogens with zero attached hydrogens (tertiary/aromatic N) is 2. The van der Waals surface area contributed by atoms with E-state index in [1.54, 1.807) is 19.1 Å². The predicted molar refractivity (Wildman–Crippen MR) is 97.7 cm³/mol. The van der Waals surface area contributed by atoms with Gasteiger partial charge in [-0.15, -0.1) is 0 Å². The molecular weight excluding hydrogens is 369 g/mol. The van der Waals surface area contributed by atoms with Gasteiger partial charge in [0.1, 0.15) is 6.07 Å². The van der Waals surface area contributed by atoms with E-state index in [4.69, 9.17) is 5.26 Å². The molecule has 0 amide bonds. The van der Waals surface area contributed by atoms with Crippen molar-refractivity contribution in [2.45, 2.75) is 43.0 Å². The summed E-state index contributed by atoms with van der Waals surface area (Å²) in [7, 11) is -3.80. The standard InChI is InChI=1S/C19H20FN3O3S/c1-13-10-14(27(25,26)23-19(12-24)8-2-3-9-19)4-5-15(13)17-7-6-16(20)18(11-21)22-17/h4-7,10,23-24H,2-3,8-9,12H2,1H3. The maximum Gasteiger partial charge on any atom is 0.241 e. The number of sulfonamides is 1. The zero-order valence-electron chi connectivity index (χ0n) is 14.9. The minimum absolute atomic E-state index is 0.0890. The van der Waals surface area contributed by atoms with Crippen molar-refractivity contribution in [2.24, 2.45) is 0 Å². The summed E-state index contributed by atoms with van der Waals surface area (Å²) in [6, 6.07) is 8.85. The van der Waals surface area contributed by atoms with Crippen molar-refractivity contribution in [1.29, 1.82) is 5.26 Å². The van der Waals surface area contributed by atoms with Crippen LogP contribution in [0.15, 0.2) is 35.2 Å². The third-order valence-corrected chi connectivity index (χ3v) is 6.53. The zero-order valence-corrected chi connectivity index (χ0v) is 15.7. The number of nitriles is 1. The summed E-state index contributed by atoms with van der Waals surface area (Å²) in [6.45, 7) is 1.49. The highest BCUT2D eigenvalue weighted by Crippen LogP contribution is 2.32. The van der Waals surface area contributed by atoms with Crippen molar-refractivity contribution in [1.82, 2.24) is 9.71 Å². The van der Waals surface area contributed by atoms with E-state index in [0.717, 1.165) is 18.9 Å². The van der Waals surface area contributed by atoms with E-state index in [1.807, 2.05) is 0 Å². The number of aryl methyl sites for hydroxylation is 1. The molecule has 0 spiro atoms. The molecule has 0 atom stereocenters. The van der Waals surface area contributed by atoms with Gasteiger partial charge in [0.2, 0.25) is 10.0 Å². The Balaban J connectivity index is 1.94. The van der Waals surface area contributed by atoms with Crippen LogP contribution in [0, 0.1) is 24.1 Å². The Labute approximate surface area is 157 Å². The van der Waals surface area contributed by atoms with E-state index < -0.39 is 21.4 Å². The lowest BCUT2D eigenvalue weighted by Gasteiger charge is -2.27. The molecule has 0 unspecified atom stereocenters. The molecule has 8 heteroatoms. The SMILES string of the molecule is Cc1cc(S(=O)(=O)NC2(CO)CCCC2)ccc1-c1ccc(F)c(C#N)n1. The molecule has 0 radical (unpaired) electrons. The Hall–Kier alpha value is -2.34. The van der Waals surface area contributed by atoms with Crippen LogP contribution in [0.2, 0.25) is 0 Å². The van der Waals surface area contributed by atoms with Gasteiger partial charge in [0.15, 0.2) is 11.5 Å². The Bertz CT molecular complexity index is 1010. The molecule has 1 fully saturated rings. The summed E-state index contributed by atoms with van der Waals surface area (Å²) in [5.74, 6) is -0.701. The largest absolute Gasteiger partial charge is 0.394 e. The van der Waals surface area contributed by atoms with Crippen molar-refractivity contribution in [2.75, 3.05) is 6.61 Å². The normalized spacial score (nSPS) is 16.2. The van der Waals surface area contributed by atoms with Crippen LogP contribution in [-0.2, 0) is 10.0 Å². The van der Waals surface area contributed by atoms with Crippen LogP contribution in [0.5, 0.6) is 0 Å². The van der Waals surface area contributed by atoms with Crippen molar-refractivity contribution in [3.63, 3.8) is 0 Å². The van der Waals surface area contributed by atoms with Crippen LogP contribution in [-0.4, -0.2) is 30.7 Å². The quantitative estimate of drug-likeness (QED) is 0.818. The molecular formula is C19H20FN3O3S. The average Bonchev–Trinajstić information content (AvgIpc) is 3.10. The lowest BCUT2D eigenvalue weighted by molar-refractivity contribution is 0.185. The van der Waals surface area contributed by atoms with Crippen LogP contribution < -0.4 is 4.72 Å². The van der Waals surface area contributed by atoms with Crippen molar-refractivity contribution in [3.05, 3.63) is 47.4 Å². The Morgan fingerprint density at radius 1 is 1.30 bits per heavy atom. The topological polar surface area (TPSA) is 103 Å². The van der Waals surface area contributed by atoms with Gasteiger partial charge in [-0.1, -0.05) is 18.9 Å². The molecule has 27 heavy (non-hydrogen) atoms. The molecule has 1 heterocycles. The maximum atomic E-state index is 13.5. The molecule has 1 aromatic heterocycles. The summed E-state index contributed by atoms with van der Waals surface area (Å²) in [4.78, 5) is 4.08. The van der Waals surface area contributed by atoms with Crippen molar-refractivity contribution >= 4 is 10.0 Å². The van der Waals surface area contributed by atoms with Gasteiger partial charge in [-0.25, -0.2) is 22.5 Å². The smallest absolute Gasteiger partial charge is 0.241 e. The molecule has 6 nitrogen and oxygen atoms in total. The molecule has 1 aliphatic carbocycles. The number of halogens is 1. The third kappa shape index (κ3) is 3.86. The van der Waals surface area contributed by atoms with Gasteiger partial charge >= 0.3 is 0 Å². The van der Waals surface area contributed by atoms with Gasteiger partial charge in [-0.05, 0) is 49.6 Å². The molecule has 3 rings (SSSR count). The fourth-order valence-electron chi connectivity index (χ4n) is 3.45. The van der Waals surface area contributed by atoms with Gasteiger partial charge in [-0.3, -0.25) is 0 Å². The molecule has 0 saturated heterocycles. The number of pyridine rings is 1. The number of aromatic nitrogens is 1. The number of hydrogen-bond donors (Lipinski definition) is 2. The molecule has 1 aliphatic rings. The van der Waals surface area contributed by atoms with E-state index in [2.05, 4.69) is 9.71 Å². The molecule has 1 saturated carbocycles. The van der Waals surface area contributed by atoms with E-state index in [-0.39, 0.29) is 17.2 Å². The molecule has 2 aromatic rings. The molecule has 142 valence electrons. The summed E-state index contributed by atoms with van der Waals surface area (Å²) in [6.07, 6.45) is 2.96. The Kier molecular flexibility index (Phi) is 5.29. The van der Waals surface area contributed by atoms with E-state index >= 15 is 0 Å². The fourth-order valence-corrected chi connectivity index (χ4v) is 4.99. The molecule has 0 aliphatic heterocycles. The molecule has 1 aromatic carbocycles. The Morgan fingerprint density at radius 3 is 2.59 bits per heavy atom. The Morgan fingerprint density at radius 2 is 2.00 bits per heavy atom. The van der Waals surface area contributed by atoms with Gasteiger partial charge in [-0.2, -0.15) is 5.26 Å². The average molecular weight is 389 g/mol. The van der Waals surface area contributed by atoms with Gasteiger partial charge in [0.05, 0.1) is 22.7 Å². The first kappa shape index (κ1) is 19.4. The first-order valence-electron chi connectivity index (χ1n) is 8.63. The van der Waals surface area contributed by atoms with Crippen LogP contribution in [0.3, 0.4) is 0 Å². The predicted octanol–water partition coefficient (Wildman–Crippen LogP) is 2.65. The first-order chi connectivity index (χ1) is 12.8. The van der Waals surface area contributed by atoms with Crippen LogP contribution in [0.1, 0.15) is 36.9 Å². The second kappa shape index (κ2) is 7.35. The highest BCUT2D eigenvalue weighted by Gasteiger charge is 2.37. The highest BCUT2D eigenvalue weighted by molar-refractivity contribution is 7.89. The second-order valence-corrected chi connectivity index (χ2v) is 8.55. The summed E-state index contributed by atoms with van der Waals surface area (Å²) >= 11 is 0. The first-order valence-corrected chi connectivity index (χ1v) is 10.1. The highest BCUT2D eigenvalue weighted by atomic mass is 32.2. The van der Waals surface area contributed by atoms with Crippen LogP contribution in [0.4, 0.5) is 4.39 Å². The minimum Gasteiger partial charge on any atom is -0.394 e. The minimum atomic E-state index is -3.80. The summed E-state index contributed by atoms with van der Waals surface area (Å²) in [5, 5.41) is 18.6. The molecule has 2 N–H and O–H groups in total. The third-order valence-electron chi connectivity index (χ3n) is 4.95. The zero-order chi connectivity index (χ0) is 19.7. The van der Waals surface area contributed by atoms with Crippen molar-refractivity contribution < 1.29 is 17.9 Å². The number of hydrogen-bond acceptors (Lipinski definition) is 5. The monoisotopic (exact) mass is 389 g/mol. The van der Waals surface area contributed by atoms with Gasteiger partial charge in [0, 0.05) is 5.56 Å². The maximum absolute atomic E-state index is 13.5. The fraction of sp³-hybridized carbons (Fsp3) is 0.368. The number of rotatable bonds is 5. The van der Waals surface area contributed by atoms with Gasteiger partial charge in [0.25, 0.3) is 0 Å². The van der Waals surface area contributed by atoms with Crippen LogP contribution in [0.25, 0.3) is 11.3 Å². The second-order valence-electron chi connectivity index (χ2n) is 6.87. The van der Waals surface area contributed by atoms with E-state index in [0.29, 0.717) is 29.7 Å². The van der Waals surface area contributed by atoms with Crippen LogP contribution >= 0.6 is 0 Å². The van der Waals surface area contributed by atoms with Crippen molar-refractivity contribution in [3.8, 4) is 17.3 Å². The number of benzene rings is 1. The van der Waals surface area contributed by atoms with E-state index in [9.17, 15) is 17.9 Å².